The van der Waals surface area contributed by atoms with Gasteiger partial charge in [-0.3, -0.25) is 4.79 Å². The molecular formula is C17H15NO. The van der Waals surface area contributed by atoms with Crippen LogP contribution in [0.1, 0.15) is 15.9 Å². The van der Waals surface area contributed by atoms with Gasteiger partial charge in [0, 0.05) is 30.4 Å². The zero-order chi connectivity index (χ0) is 13.1. The third-order valence-corrected chi connectivity index (χ3v) is 3.18. The zero-order valence-corrected chi connectivity index (χ0v) is 10.6. The summed E-state index contributed by atoms with van der Waals surface area (Å²) >= 11 is 0. The topological polar surface area (TPSA) is 20.1 Å². The normalized spacial score (nSPS) is 14.3. The van der Waals surface area contributed by atoms with E-state index in [1.165, 1.54) is 0 Å². The molecule has 1 fully saturated rings. The third kappa shape index (κ3) is 2.74. The Hall–Kier alpha value is -2.35. The minimum atomic E-state index is 0.0614. The van der Waals surface area contributed by atoms with Gasteiger partial charge in [0.15, 0.2) is 5.78 Å². The summed E-state index contributed by atoms with van der Waals surface area (Å²) in [7, 11) is 0. The fourth-order valence-electron chi connectivity index (χ4n) is 2.07. The molecule has 19 heavy (non-hydrogen) atoms. The zero-order valence-electron chi connectivity index (χ0n) is 10.6. The first-order chi connectivity index (χ1) is 9.34. The summed E-state index contributed by atoms with van der Waals surface area (Å²) in [5.41, 5.74) is 2.86. The van der Waals surface area contributed by atoms with Crippen molar-refractivity contribution in [1.82, 2.24) is 4.90 Å². The van der Waals surface area contributed by atoms with Crippen LogP contribution in [0.15, 0.2) is 66.7 Å². The molecular weight excluding hydrogens is 234 g/mol. The first-order valence-electron chi connectivity index (χ1n) is 6.46. The average Bonchev–Trinajstić information content (AvgIpc) is 3.31. The largest absolute Gasteiger partial charge is 0.367 e. The molecule has 94 valence electrons. The van der Waals surface area contributed by atoms with Crippen LogP contribution in [-0.4, -0.2) is 23.8 Å². The van der Waals surface area contributed by atoms with Crippen molar-refractivity contribution in [3.63, 3.8) is 0 Å². The fraction of sp³-hybridized carbons (Fsp3) is 0.118. The van der Waals surface area contributed by atoms with Gasteiger partial charge in [-0.2, -0.15) is 0 Å². The maximum absolute atomic E-state index is 12.3. The van der Waals surface area contributed by atoms with E-state index in [0.717, 1.165) is 29.9 Å². The molecule has 3 rings (SSSR count). The van der Waals surface area contributed by atoms with E-state index in [2.05, 4.69) is 4.90 Å². The van der Waals surface area contributed by atoms with E-state index in [-0.39, 0.29) is 5.78 Å². The van der Waals surface area contributed by atoms with Gasteiger partial charge < -0.3 is 4.90 Å². The Labute approximate surface area is 113 Å². The molecule has 2 aromatic carbocycles. The monoisotopic (exact) mass is 249 g/mol. The molecule has 0 amide bonds. The lowest BCUT2D eigenvalue weighted by Gasteiger charge is -2.09. The number of benzene rings is 2. The van der Waals surface area contributed by atoms with Crippen molar-refractivity contribution in [2.45, 2.75) is 0 Å². The lowest BCUT2D eigenvalue weighted by atomic mass is 10.1. The standard InChI is InChI=1S/C17H15NO/c19-17(15-9-5-2-6-10-15)13-16(18-11-12-18)14-7-3-1-4-8-14/h1-10,13H,11-12H2/b16-13-. The Balaban J connectivity index is 1.93. The molecule has 0 aromatic heterocycles. The van der Waals surface area contributed by atoms with Gasteiger partial charge in [-0.15, -0.1) is 0 Å². The summed E-state index contributed by atoms with van der Waals surface area (Å²) in [5.74, 6) is 0.0614. The molecule has 0 saturated carbocycles. The molecule has 0 unspecified atom stereocenters. The lowest BCUT2D eigenvalue weighted by Crippen LogP contribution is -2.02. The number of ketones is 1. The number of rotatable bonds is 4. The number of nitrogens with zero attached hydrogens (tertiary/aromatic N) is 1. The Bertz CT molecular complexity index is 598. The first-order valence-corrected chi connectivity index (χ1v) is 6.46. The highest BCUT2D eigenvalue weighted by molar-refractivity contribution is 6.08. The van der Waals surface area contributed by atoms with Crippen LogP contribution in [0.4, 0.5) is 0 Å². The molecule has 2 nitrogen and oxygen atoms in total. The van der Waals surface area contributed by atoms with E-state index in [9.17, 15) is 4.79 Å². The molecule has 2 aromatic rings. The molecule has 1 heterocycles. The van der Waals surface area contributed by atoms with Crippen molar-refractivity contribution in [2.75, 3.05) is 13.1 Å². The van der Waals surface area contributed by atoms with E-state index >= 15 is 0 Å². The van der Waals surface area contributed by atoms with Crippen molar-refractivity contribution in [2.24, 2.45) is 0 Å². The average molecular weight is 249 g/mol. The number of allylic oxidation sites excluding steroid dienone is 1. The second-order valence-corrected chi connectivity index (χ2v) is 4.61. The van der Waals surface area contributed by atoms with E-state index in [4.69, 9.17) is 0 Å². The van der Waals surface area contributed by atoms with E-state index in [1.807, 2.05) is 60.7 Å². The van der Waals surface area contributed by atoms with Crippen molar-refractivity contribution in [3.8, 4) is 0 Å². The lowest BCUT2D eigenvalue weighted by molar-refractivity contribution is 0.104. The van der Waals surface area contributed by atoms with Crippen LogP contribution in [0.5, 0.6) is 0 Å². The summed E-state index contributed by atoms with van der Waals surface area (Å²) in [4.78, 5) is 14.5. The molecule has 0 atom stereocenters. The summed E-state index contributed by atoms with van der Waals surface area (Å²) in [6.07, 6.45) is 1.75. The molecule has 1 saturated heterocycles. The smallest absolute Gasteiger partial charge is 0.187 e. The SMILES string of the molecule is O=C(/C=C(/c1ccccc1)N1CC1)c1ccccc1. The molecule has 0 aliphatic carbocycles. The summed E-state index contributed by atoms with van der Waals surface area (Å²) in [6, 6.07) is 19.5. The molecule has 0 bridgehead atoms. The molecule has 0 radical (unpaired) electrons. The maximum Gasteiger partial charge on any atom is 0.187 e. The Kier molecular flexibility index (Phi) is 3.15. The van der Waals surface area contributed by atoms with Crippen LogP contribution in [-0.2, 0) is 0 Å². The number of carbonyl (C=O) groups excluding carboxylic acids is 1. The molecule has 1 aliphatic rings. The van der Waals surface area contributed by atoms with Gasteiger partial charge >= 0.3 is 0 Å². The number of carbonyl (C=O) groups is 1. The molecule has 2 heteroatoms. The van der Waals surface area contributed by atoms with Crippen molar-refractivity contribution in [1.29, 1.82) is 0 Å². The van der Waals surface area contributed by atoms with Gasteiger partial charge in [-0.05, 0) is 5.56 Å². The van der Waals surface area contributed by atoms with Crippen LogP contribution in [0.3, 0.4) is 0 Å². The van der Waals surface area contributed by atoms with Crippen LogP contribution >= 0.6 is 0 Å². The van der Waals surface area contributed by atoms with Gasteiger partial charge in [0.1, 0.15) is 0 Å². The summed E-state index contributed by atoms with van der Waals surface area (Å²) < 4.78 is 0. The summed E-state index contributed by atoms with van der Waals surface area (Å²) in [6.45, 7) is 2.06. The second kappa shape index (κ2) is 5.11. The van der Waals surface area contributed by atoms with Gasteiger partial charge in [0.2, 0.25) is 0 Å². The van der Waals surface area contributed by atoms with Crippen LogP contribution < -0.4 is 0 Å². The number of hydrogen-bond donors (Lipinski definition) is 0. The highest BCUT2D eigenvalue weighted by Crippen LogP contribution is 2.25. The van der Waals surface area contributed by atoms with Crippen molar-refractivity contribution in [3.05, 3.63) is 77.9 Å². The fourth-order valence-corrected chi connectivity index (χ4v) is 2.07. The van der Waals surface area contributed by atoms with E-state index in [0.29, 0.717) is 0 Å². The van der Waals surface area contributed by atoms with Gasteiger partial charge in [-0.25, -0.2) is 0 Å². The van der Waals surface area contributed by atoms with Crippen molar-refractivity contribution >= 4 is 11.5 Å². The van der Waals surface area contributed by atoms with Crippen LogP contribution in [0, 0.1) is 0 Å². The van der Waals surface area contributed by atoms with Gasteiger partial charge in [0.25, 0.3) is 0 Å². The number of hydrogen-bond acceptors (Lipinski definition) is 2. The quantitative estimate of drug-likeness (QED) is 0.471. The predicted octanol–water partition coefficient (Wildman–Crippen LogP) is 3.23. The van der Waals surface area contributed by atoms with Gasteiger partial charge in [0.05, 0.1) is 0 Å². The summed E-state index contributed by atoms with van der Waals surface area (Å²) in [5, 5.41) is 0. The molecule has 0 spiro atoms. The predicted molar refractivity (Wildman–Crippen MR) is 76.8 cm³/mol. The minimum Gasteiger partial charge on any atom is -0.367 e. The first kappa shape index (κ1) is 11.7. The maximum atomic E-state index is 12.3. The van der Waals surface area contributed by atoms with Gasteiger partial charge in [-0.1, -0.05) is 60.7 Å². The van der Waals surface area contributed by atoms with Crippen molar-refractivity contribution < 1.29 is 4.79 Å². The Morgan fingerprint density at radius 3 is 1.89 bits per heavy atom. The molecule has 0 N–H and O–H groups in total. The Morgan fingerprint density at radius 2 is 1.37 bits per heavy atom. The van der Waals surface area contributed by atoms with Crippen LogP contribution in [0.2, 0.25) is 0 Å². The minimum absolute atomic E-state index is 0.0614. The molecule has 1 aliphatic heterocycles. The van der Waals surface area contributed by atoms with E-state index < -0.39 is 0 Å². The Morgan fingerprint density at radius 1 is 0.842 bits per heavy atom. The van der Waals surface area contributed by atoms with E-state index in [1.54, 1.807) is 6.08 Å². The highest BCUT2D eigenvalue weighted by Gasteiger charge is 2.22. The van der Waals surface area contributed by atoms with Crippen LogP contribution in [0.25, 0.3) is 5.70 Å². The second-order valence-electron chi connectivity index (χ2n) is 4.61. The third-order valence-electron chi connectivity index (χ3n) is 3.18. The highest BCUT2D eigenvalue weighted by atomic mass is 16.1.